The fraction of sp³-hybridized carbons (Fsp3) is 0.318. The second kappa shape index (κ2) is 8.78. The number of thiazole rings is 1. The van der Waals surface area contributed by atoms with Crippen molar-refractivity contribution in [1.82, 2.24) is 4.98 Å². The lowest BCUT2D eigenvalue weighted by Crippen LogP contribution is -2.27. The molecule has 1 aromatic heterocycles. The zero-order chi connectivity index (χ0) is 22.9. The molecule has 2 heterocycles. The SMILES string of the molecule is CCC(=O)N1CCc2cc(-c3csc(NC(=O)C4=CCCC(OC(F)(F)F)=C4)n3)ccc21. The molecule has 0 spiro atoms. The van der Waals surface area contributed by atoms with Gasteiger partial charge in [0, 0.05) is 41.6 Å². The molecular formula is C22H20F3N3O3S. The molecule has 32 heavy (non-hydrogen) atoms. The lowest BCUT2D eigenvalue weighted by molar-refractivity contribution is -0.306. The lowest BCUT2D eigenvalue weighted by Gasteiger charge is -2.16. The van der Waals surface area contributed by atoms with E-state index in [1.807, 2.05) is 25.1 Å². The number of alkyl halides is 3. The molecule has 1 aliphatic carbocycles. The van der Waals surface area contributed by atoms with Crippen molar-refractivity contribution in [2.45, 2.75) is 39.0 Å². The summed E-state index contributed by atoms with van der Waals surface area (Å²) in [6, 6.07) is 5.78. The van der Waals surface area contributed by atoms with Crippen LogP contribution in [0.3, 0.4) is 0 Å². The van der Waals surface area contributed by atoms with Crippen LogP contribution in [0, 0.1) is 0 Å². The average Bonchev–Trinajstić information content (AvgIpc) is 3.38. The Kier molecular flexibility index (Phi) is 6.05. The summed E-state index contributed by atoms with van der Waals surface area (Å²) in [4.78, 5) is 30.8. The maximum atomic E-state index is 12.5. The van der Waals surface area contributed by atoms with Crippen molar-refractivity contribution in [2.75, 3.05) is 16.8 Å². The van der Waals surface area contributed by atoms with E-state index in [9.17, 15) is 22.8 Å². The number of halogens is 3. The van der Waals surface area contributed by atoms with Crippen molar-refractivity contribution < 1.29 is 27.5 Å². The van der Waals surface area contributed by atoms with Crippen LogP contribution in [-0.4, -0.2) is 29.7 Å². The molecule has 0 unspecified atom stereocenters. The van der Waals surface area contributed by atoms with Crippen LogP contribution in [0.15, 0.2) is 47.1 Å². The van der Waals surface area contributed by atoms with Crippen molar-refractivity contribution in [1.29, 1.82) is 0 Å². The molecule has 4 rings (SSSR count). The van der Waals surface area contributed by atoms with Crippen molar-refractivity contribution in [3.05, 3.63) is 52.6 Å². The number of nitrogens with one attached hydrogen (secondary N) is 1. The van der Waals surface area contributed by atoms with Gasteiger partial charge in [0.2, 0.25) is 5.91 Å². The van der Waals surface area contributed by atoms with E-state index >= 15 is 0 Å². The van der Waals surface area contributed by atoms with Crippen LogP contribution < -0.4 is 10.2 Å². The van der Waals surface area contributed by atoms with Gasteiger partial charge in [0.25, 0.3) is 5.91 Å². The highest BCUT2D eigenvalue weighted by Gasteiger charge is 2.32. The number of hydrogen-bond donors (Lipinski definition) is 1. The summed E-state index contributed by atoms with van der Waals surface area (Å²) in [6.07, 6.45) is -0.539. The summed E-state index contributed by atoms with van der Waals surface area (Å²) in [5.74, 6) is -0.750. The minimum absolute atomic E-state index is 0.0807. The van der Waals surface area contributed by atoms with E-state index in [-0.39, 0.29) is 30.1 Å². The first-order valence-corrected chi connectivity index (χ1v) is 11.0. The molecule has 1 N–H and O–H groups in total. The number of rotatable bonds is 5. The predicted octanol–water partition coefficient (Wildman–Crippen LogP) is 5.19. The van der Waals surface area contributed by atoms with Crippen molar-refractivity contribution >= 4 is 34.0 Å². The largest absolute Gasteiger partial charge is 0.572 e. The zero-order valence-corrected chi connectivity index (χ0v) is 18.0. The molecule has 0 radical (unpaired) electrons. The number of amides is 2. The van der Waals surface area contributed by atoms with E-state index in [2.05, 4.69) is 15.0 Å². The van der Waals surface area contributed by atoms with Crippen LogP contribution in [0.4, 0.5) is 24.0 Å². The maximum Gasteiger partial charge on any atom is 0.572 e. The molecule has 0 atom stereocenters. The van der Waals surface area contributed by atoms with Gasteiger partial charge in [0.05, 0.1) is 5.69 Å². The van der Waals surface area contributed by atoms with E-state index in [4.69, 9.17) is 0 Å². The number of nitrogens with zero attached hydrogens (tertiary/aromatic N) is 2. The summed E-state index contributed by atoms with van der Waals surface area (Å²) >= 11 is 1.22. The monoisotopic (exact) mass is 463 g/mol. The van der Waals surface area contributed by atoms with Gasteiger partial charge in [0.1, 0.15) is 5.76 Å². The molecule has 6 nitrogen and oxygen atoms in total. The Labute approximate surface area is 186 Å². The van der Waals surface area contributed by atoms with E-state index in [0.717, 1.165) is 29.3 Å². The second-order valence-electron chi connectivity index (χ2n) is 7.34. The first-order valence-electron chi connectivity index (χ1n) is 10.1. The van der Waals surface area contributed by atoms with Gasteiger partial charge >= 0.3 is 6.36 Å². The number of anilines is 2. The minimum Gasteiger partial charge on any atom is -0.410 e. The Morgan fingerprint density at radius 1 is 1.28 bits per heavy atom. The van der Waals surface area contributed by atoms with Crippen LogP contribution in [-0.2, 0) is 20.7 Å². The molecule has 2 amide bonds. The molecule has 10 heteroatoms. The van der Waals surface area contributed by atoms with Crippen molar-refractivity contribution in [2.24, 2.45) is 0 Å². The highest BCUT2D eigenvalue weighted by molar-refractivity contribution is 7.14. The predicted molar refractivity (Wildman–Crippen MR) is 115 cm³/mol. The Bertz CT molecular complexity index is 1120. The van der Waals surface area contributed by atoms with Gasteiger partial charge in [-0.3, -0.25) is 14.9 Å². The molecule has 0 fully saturated rings. The highest BCUT2D eigenvalue weighted by atomic mass is 32.1. The topological polar surface area (TPSA) is 71.5 Å². The molecule has 2 aliphatic rings. The number of fused-ring (bicyclic) bond motifs is 1. The molecule has 0 bridgehead atoms. The molecule has 168 valence electrons. The quantitative estimate of drug-likeness (QED) is 0.663. The van der Waals surface area contributed by atoms with Gasteiger partial charge in [-0.05, 0) is 36.6 Å². The third kappa shape index (κ3) is 4.85. The normalized spacial score (nSPS) is 15.7. The van der Waals surface area contributed by atoms with E-state index in [1.165, 1.54) is 11.3 Å². The molecule has 2 aromatic rings. The Morgan fingerprint density at radius 2 is 2.09 bits per heavy atom. The fourth-order valence-electron chi connectivity index (χ4n) is 3.71. The Balaban J connectivity index is 1.45. The second-order valence-corrected chi connectivity index (χ2v) is 8.20. The van der Waals surface area contributed by atoms with E-state index < -0.39 is 12.3 Å². The van der Waals surface area contributed by atoms with E-state index in [1.54, 1.807) is 16.4 Å². The number of aromatic nitrogens is 1. The molecule has 0 saturated heterocycles. The fourth-order valence-corrected chi connectivity index (χ4v) is 4.42. The zero-order valence-electron chi connectivity index (χ0n) is 17.2. The number of hydrogen-bond acceptors (Lipinski definition) is 5. The third-order valence-electron chi connectivity index (χ3n) is 5.18. The standard InChI is InChI=1S/C22H20F3N3O3S/c1-2-19(29)28-9-8-14-10-13(6-7-18(14)28)17-12-32-21(26-17)27-20(30)15-4-3-5-16(11-15)31-22(23,24)25/h4,6-7,10-12H,2-3,5,8-9H2,1H3,(H,26,27,30). The van der Waals surface area contributed by atoms with Gasteiger partial charge in [-0.25, -0.2) is 4.98 Å². The number of allylic oxidation sites excluding steroid dienone is 2. The number of carbonyl (C=O) groups excluding carboxylic acids is 2. The first-order chi connectivity index (χ1) is 15.2. The maximum absolute atomic E-state index is 12.5. The van der Waals surface area contributed by atoms with Gasteiger partial charge in [-0.2, -0.15) is 0 Å². The van der Waals surface area contributed by atoms with Crippen LogP contribution in [0.5, 0.6) is 0 Å². The minimum atomic E-state index is -4.79. The first kappa shape index (κ1) is 22.1. The van der Waals surface area contributed by atoms with Crippen LogP contribution in [0.25, 0.3) is 11.3 Å². The van der Waals surface area contributed by atoms with Crippen molar-refractivity contribution in [3.63, 3.8) is 0 Å². The third-order valence-corrected chi connectivity index (χ3v) is 5.94. The van der Waals surface area contributed by atoms with Crippen LogP contribution >= 0.6 is 11.3 Å². The number of carbonyl (C=O) groups is 2. The molecule has 0 saturated carbocycles. The number of ether oxygens (including phenoxy) is 1. The summed E-state index contributed by atoms with van der Waals surface area (Å²) in [5.41, 5.74) is 3.62. The van der Waals surface area contributed by atoms with Crippen LogP contribution in [0.1, 0.15) is 31.7 Å². The van der Waals surface area contributed by atoms with Gasteiger partial charge in [-0.1, -0.05) is 19.1 Å². The molecule has 1 aromatic carbocycles. The average molecular weight is 463 g/mol. The van der Waals surface area contributed by atoms with E-state index in [0.29, 0.717) is 23.8 Å². The van der Waals surface area contributed by atoms with Gasteiger partial charge < -0.3 is 9.64 Å². The Morgan fingerprint density at radius 3 is 2.84 bits per heavy atom. The van der Waals surface area contributed by atoms with Gasteiger partial charge in [0.15, 0.2) is 5.13 Å². The summed E-state index contributed by atoms with van der Waals surface area (Å²) < 4.78 is 41.2. The summed E-state index contributed by atoms with van der Waals surface area (Å²) in [6.45, 7) is 2.50. The summed E-state index contributed by atoms with van der Waals surface area (Å²) in [5, 5.41) is 4.77. The Hall–Kier alpha value is -3.14. The smallest absolute Gasteiger partial charge is 0.410 e. The molecule has 1 aliphatic heterocycles. The van der Waals surface area contributed by atoms with Crippen molar-refractivity contribution in [3.8, 4) is 11.3 Å². The van der Waals surface area contributed by atoms with Gasteiger partial charge in [-0.15, -0.1) is 24.5 Å². The lowest BCUT2D eigenvalue weighted by atomic mass is 10.1. The van der Waals surface area contributed by atoms with Crippen LogP contribution in [0.2, 0.25) is 0 Å². The summed E-state index contributed by atoms with van der Waals surface area (Å²) in [7, 11) is 0. The number of benzene rings is 1. The highest BCUT2D eigenvalue weighted by Crippen LogP contribution is 2.34. The molecular weight excluding hydrogens is 443 g/mol.